The average molecular weight is 367 g/mol. The Bertz CT molecular complexity index is 405. The van der Waals surface area contributed by atoms with Gasteiger partial charge in [0.2, 0.25) is 0 Å². The zero-order valence-electron chi connectivity index (χ0n) is 17.6. The maximum absolute atomic E-state index is 4.40. The summed E-state index contributed by atoms with van der Waals surface area (Å²) in [6, 6.07) is 1.32. The van der Waals surface area contributed by atoms with Gasteiger partial charge in [0.1, 0.15) is 0 Å². The third-order valence-corrected chi connectivity index (χ3v) is 6.18. The molecule has 0 radical (unpaired) electrons. The Morgan fingerprint density at radius 3 is 2.50 bits per heavy atom. The number of nitrogens with one attached hydrogen (secondary N) is 2. The highest BCUT2D eigenvalue weighted by molar-refractivity contribution is 5.79. The lowest BCUT2D eigenvalue weighted by molar-refractivity contribution is 0.107. The van der Waals surface area contributed by atoms with E-state index in [9.17, 15) is 0 Å². The third-order valence-electron chi connectivity index (χ3n) is 6.18. The van der Waals surface area contributed by atoms with Gasteiger partial charge in [-0.05, 0) is 39.3 Å². The van der Waals surface area contributed by atoms with Crippen molar-refractivity contribution in [1.29, 1.82) is 0 Å². The molecular weight excluding hydrogens is 324 g/mol. The zero-order valence-corrected chi connectivity index (χ0v) is 17.6. The second kappa shape index (κ2) is 11.8. The Morgan fingerprint density at radius 1 is 1.08 bits per heavy atom. The Hall–Kier alpha value is -0.850. The van der Waals surface area contributed by atoms with Crippen LogP contribution in [0.2, 0.25) is 0 Å². The standard InChI is InChI=1S/C20H42N6/c1-5-19-9-7-8-11-26(19)12-10-22-20(21-4)23-17-18(3)25-15-13-24(6-2)14-16-25/h18-19H,5-17H2,1-4H3,(H2,21,22,23). The van der Waals surface area contributed by atoms with Crippen LogP contribution >= 0.6 is 0 Å². The molecule has 0 amide bonds. The van der Waals surface area contributed by atoms with Gasteiger partial charge in [-0.15, -0.1) is 0 Å². The lowest BCUT2D eigenvalue weighted by Crippen LogP contribution is -2.53. The Labute approximate surface area is 161 Å². The van der Waals surface area contributed by atoms with E-state index in [2.05, 4.69) is 51.1 Å². The summed E-state index contributed by atoms with van der Waals surface area (Å²) in [5.41, 5.74) is 0. The Kier molecular flexibility index (Phi) is 9.72. The van der Waals surface area contributed by atoms with E-state index in [1.165, 1.54) is 65.0 Å². The number of likely N-dealkylation sites (N-methyl/N-ethyl adjacent to an activating group) is 1. The molecular formula is C20H42N6. The van der Waals surface area contributed by atoms with Crippen molar-refractivity contribution in [3.63, 3.8) is 0 Å². The lowest BCUT2D eigenvalue weighted by atomic mass is 10.0. The molecule has 0 saturated carbocycles. The maximum atomic E-state index is 4.40. The first kappa shape index (κ1) is 21.5. The molecule has 152 valence electrons. The molecule has 2 N–H and O–H groups in total. The molecule has 0 aromatic rings. The van der Waals surface area contributed by atoms with Crippen molar-refractivity contribution in [1.82, 2.24) is 25.3 Å². The van der Waals surface area contributed by atoms with E-state index in [1.54, 1.807) is 0 Å². The number of hydrogen-bond donors (Lipinski definition) is 2. The minimum Gasteiger partial charge on any atom is -0.355 e. The van der Waals surface area contributed by atoms with Crippen molar-refractivity contribution in [2.45, 2.75) is 58.5 Å². The maximum Gasteiger partial charge on any atom is 0.191 e. The monoisotopic (exact) mass is 366 g/mol. The van der Waals surface area contributed by atoms with Crippen LogP contribution < -0.4 is 10.6 Å². The first-order chi connectivity index (χ1) is 12.7. The first-order valence-electron chi connectivity index (χ1n) is 10.8. The lowest BCUT2D eigenvalue weighted by Gasteiger charge is -2.37. The van der Waals surface area contributed by atoms with Crippen LogP contribution in [-0.2, 0) is 0 Å². The summed E-state index contributed by atoms with van der Waals surface area (Å²) in [7, 11) is 1.87. The summed E-state index contributed by atoms with van der Waals surface area (Å²) >= 11 is 0. The SMILES string of the molecule is CCC1CCCCN1CCNC(=NC)NCC(C)N1CCN(CC)CC1. The number of aliphatic imine (C=N–C) groups is 1. The van der Waals surface area contributed by atoms with Crippen LogP contribution in [0.15, 0.2) is 4.99 Å². The van der Waals surface area contributed by atoms with Crippen molar-refractivity contribution in [2.24, 2.45) is 4.99 Å². The molecule has 2 fully saturated rings. The molecule has 2 atom stereocenters. The predicted octanol–water partition coefficient (Wildman–Crippen LogP) is 1.44. The fourth-order valence-corrected chi connectivity index (χ4v) is 4.25. The van der Waals surface area contributed by atoms with E-state index < -0.39 is 0 Å². The molecule has 0 bridgehead atoms. The second-order valence-corrected chi connectivity index (χ2v) is 7.79. The van der Waals surface area contributed by atoms with Crippen LogP contribution in [0, 0.1) is 0 Å². The molecule has 2 heterocycles. The summed E-state index contributed by atoms with van der Waals surface area (Å²) < 4.78 is 0. The van der Waals surface area contributed by atoms with Gasteiger partial charge in [-0.1, -0.05) is 20.3 Å². The largest absolute Gasteiger partial charge is 0.355 e. The molecule has 6 heteroatoms. The third kappa shape index (κ3) is 6.71. The molecule has 0 spiro atoms. The summed E-state index contributed by atoms with van der Waals surface area (Å²) in [5.74, 6) is 0.939. The van der Waals surface area contributed by atoms with Crippen LogP contribution in [0.1, 0.15) is 46.5 Å². The minimum atomic E-state index is 0.541. The van der Waals surface area contributed by atoms with E-state index in [0.29, 0.717) is 6.04 Å². The van der Waals surface area contributed by atoms with Gasteiger partial charge >= 0.3 is 0 Å². The molecule has 2 saturated heterocycles. The summed E-state index contributed by atoms with van der Waals surface area (Å²) in [5, 5.41) is 7.03. The van der Waals surface area contributed by atoms with Gasteiger partial charge < -0.3 is 15.5 Å². The fraction of sp³-hybridized carbons (Fsp3) is 0.950. The quantitative estimate of drug-likeness (QED) is 0.503. The smallest absolute Gasteiger partial charge is 0.191 e. The van der Waals surface area contributed by atoms with Gasteiger partial charge in [-0.3, -0.25) is 14.8 Å². The molecule has 6 nitrogen and oxygen atoms in total. The number of nitrogens with zero attached hydrogens (tertiary/aromatic N) is 4. The highest BCUT2D eigenvalue weighted by Gasteiger charge is 2.21. The number of rotatable bonds is 8. The van der Waals surface area contributed by atoms with Crippen LogP contribution in [0.4, 0.5) is 0 Å². The molecule has 2 aliphatic rings. The van der Waals surface area contributed by atoms with Crippen LogP contribution in [-0.4, -0.2) is 98.7 Å². The van der Waals surface area contributed by atoms with E-state index >= 15 is 0 Å². The molecule has 0 aromatic heterocycles. The number of hydrogen-bond acceptors (Lipinski definition) is 4. The number of guanidine groups is 1. The molecule has 0 aromatic carbocycles. The molecule has 2 rings (SSSR count). The van der Waals surface area contributed by atoms with Crippen molar-refractivity contribution >= 4 is 5.96 Å². The van der Waals surface area contributed by atoms with Crippen LogP contribution in [0.3, 0.4) is 0 Å². The van der Waals surface area contributed by atoms with Gasteiger partial charge in [0.25, 0.3) is 0 Å². The molecule has 0 aliphatic carbocycles. The average Bonchev–Trinajstić information content (AvgIpc) is 2.70. The van der Waals surface area contributed by atoms with E-state index in [1.807, 2.05) is 7.05 Å². The van der Waals surface area contributed by atoms with Gasteiger partial charge in [0, 0.05) is 64.9 Å². The number of piperidine rings is 1. The second-order valence-electron chi connectivity index (χ2n) is 7.79. The fourth-order valence-electron chi connectivity index (χ4n) is 4.25. The number of likely N-dealkylation sites (tertiary alicyclic amines) is 1. The minimum absolute atomic E-state index is 0.541. The van der Waals surface area contributed by atoms with Crippen LogP contribution in [0.25, 0.3) is 0 Å². The zero-order chi connectivity index (χ0) is 18.8. The summed E-state index contributed by atoms with van der Waals surface area (Å²) in [4.78, 5) is 12.2. The Balaban J connectivity index is 1.64. The van der Waals surface area contributed by atoms with E-state index in [0.717, 1.165) is 31.6 Å². The van der Waals surface area contributed by atoms with E-state index in [-0.39, 0.29) is 0 Å². The normalized spacial score (nSPS) is 25.2. The highest BCUT2D eigenvalue weighted by Crippen LogP contribution is 2.18. The van der Waals surface area contributed by atoms with Crippen molar-refractivity contribution in [3.05, 3.63) is 0 Å². The van der Waals surface area contributed by atoms with Crippen molar-refractivity contribution in [2.75, 3.05) is 66.0 Å². The molecule has 26 heavy (non-hydrogen) atoms. The number of piperazine rings is 1. The predicted molar refractivity (Wildman–Crippen MR) is 112 cm³/mol. The summed E-state index contributed by atoms with van der Waals surface area (Å²) in [6.45, 7) is 17.1. The van der Waals surface area contributed by atoms with Gasteiger partial charge in [-0.25, -0.2) is 0 Å². The van der Waals surface area contributed by atoms with Gasteiger partial charge in [0.15, 0.2) is 5.96 Å². The van der Waals surface area contributed by atoms with Gasteiger partial charge in [0.05, 0.1) is 0 Å². The van der Waals surface area contributed by atoms with E-state index in [4.69, 9.17) is 0 Å². The van der Waals surface area contributed by atoms with Crippen molar-refractivity contribution < 1.29 is 0 Å². The van der Waals surface area contributed by atoms with Crippen molar-refractivity contribution in [3.8, 4) is 0 Å². The molecule has 2 unspecified atom stereocenters. The Morgan fingerprint density at radius 2 is 1.85 bits per heavy atom. The topological polar surface area (TPSA) is 46.1 Å². The first-order valence-corrected chi connectivity index (χ1v) is 10.8. The van der Waals surface area contributed by atoms with Gasteiger partial charge in [-0.2, -0.15) is 0 Å². The highest BCUT2D eigenvalue weighted by atomic mass is 15.3. The molecule has 2 aliphatic heterocycles. The summed E-state index contributed by atoms with van der Waals surface area (Å²) in [6.07, 6.45) is 5.39. The van der Waals surface area contributed by atoms with Crippen LogP contribution in [0.5, 0.6) is 0 Å².